The average molecular weight is 380 g/mol. The predicted octanol–water partition coefficient (Wildman–Crippen LogP) is 3.38. The Bertz CT molecular complexity index is 859. The molecular weight excluding hydrogens is 366 g/mol. The Morgan fingerprint density at radius 3 is 2.52 bits per heavy atom. The van der Waals surface area contributed by atoms with Gasteiger partial charge < -0.3 is 14.8 Å². The van der Waals surface area contributed by atoms with Crippen LogP contribution < -0.4 is 10.1 Å². The number of nitrogens with one attached hydrogen (secondary N) is 1. The highest BCUT2D eigenvalue weighted by Crippen LogP contribution is 2.23. The molecule has 0 saturated heterocycles. The standard InChI is InChI=1S/C17H14F2N2O6/c1-10(15(22)20-13-7-2-3-8-14(13)21(24)25)26-16(23)11-5-4-6-12(9-11)27-17(18)19/h2-10,17H,1H3,(H,20,22)/t10-/m0/s1. The van der Waals surface area contributed by atoms with E-state index in [2.05, 4.69) is 10.1 Å². The summed E-state index contributed by atoms with van der Waals surface area (Å²) in [4.78, 5) is 34.5. The smallest absolute Gasteiger partial charge is 0.387 e. The number of para-hydroxylation sites is 2. The SMILES string of the molecule is C[C@H](OC(=O)c1cccc(OC(F)F)c1)C(=O)Nc1ccccc1[N+](=O)[O-]. The molecular formula is C17H14F2N2O6. The Morgan fingerprint density at radius 1 is 1.15 bits per heavy atom. The second-order valence-corrected chi connectivity index (χ2v) is 5.22. The molecule has 0 radical (unpaired) electrons. The lowest BCUT2D eigenvalue weighted by Gasteiger charge is -2.14. The fourth-order valence-electron chi connectivity index (χ4n) is 2.05. The van der Waals surface area contributed by atoms with E-state index in [1.807, 2.05) is 0 Å². The van der Waals surface area contributed by atoms with Crippen molar-refractivity contribution in [2.45, 2.75) is 19.6 Å². The van der Waals surface area contributed by atoms with Crippen molar-refractivity contribution in [3.8, 4) is 5.75 Å². The van der Waals surface area contributed by atoms with Gasteiger partial charge in [0.15, 0.2) is 6.10 Å². The summed E-state index contributed by atoms with van der Waals surface area (Å²) >= 11 is 0. The number of anilines is 1. The van der Waals surface area contributed by atoms with Gasteiger partial charge >= 0.3 is 12.6 Å². The first-order valence-corrected chi connectivity index (χ1v) is 7.58. The zero-order valence-electron chi connectivity index (χ0n) is 13.9. The van der Waals surface area contributed by atoms with Crippen LogP contribution in [0.4, 0.5) is 20.2 Å². The van der Waals surface area contributed by atoms with Crippen LogP contribution in [0.15, 0.2) is 48.5 Å². The molecule has 27 heavy (non-hydrogen) atoms. The highest BCUT2D eigenvalue weighted by Gasteiger charge is 2.22. The fraction of sp³-hybridized carbons (Fsp3) is 0.176. The molecule has 1 N–H and O–H groups in total. The van der Waals surface area contributed by atoms with Crippen molar-refractivity contribution in [2.75, 3.05) is 5.32 Å². The molecule has 10 heteroatoms. The Labute approximate surface area is 151 Å². The number of halogens is 2. The number of esters is 1. The van der Waals surface area contributed by atoms with Gasteiger partial charge in [-0.2, -0.15) is 8.78 Å². The van der Waals surface area contributed by atoms with Crippen LogP contribution in [-0.2, 0) is 9.53 Å². The number of nitro groups is 1. The van der Waals surface area contributed by atoms with Crippen LogP contribution in [0.1, 0.15) is 17.3 Å². The summed E-state index contributed by atoms with van der Waals surface area (Å²) in [6.45, 7) is -1.79. The highest BCUT2D eigenvalue weighted by molar-refractivity contribution is 5.98. The third-order valence-corrected chi connectivity index (χ3v) is 3.31. The predicted molar refractivity (Wildman–Crippen MR) is 89.7 cm³/mol. The lowest BCUT2D eigenvalue weighted by Crippen LogP contribution is -2.30. The minimum absolute atomic E-state index is 0.0530. The monoisotopic (exact) mass is 380 g/mol. The maximum Gasteiger partial charge on any atom is 0.387 e. The molecule has 2 rings (SSSR count). The van der Waals surface area contributed by atoms with E-state index in [1.165, 1.54) is 49.4 Å². The van der Waals surface area contributed by atoms with E-state index in [-0.39, 0.29) is 22.7 Å². The van der Waals surface area contributed by atoms with Crippen molar-refractivity contribution >= 4 is 23.3 Å². The third-order valence-electron chi connectivity index (χ3n) is 3.31. The van der Waals surface area contributed by atoms with Crippen molar-refractivity contribution in [3.05, 3.63) is 64.2 Å². The average Bonchev–Trinajstić information content (AvgIpc) is 2.61. The number of benzene rings is 2. The van der Waals surface area contributed by atoms with Crippen molar-refractivity contribution < 1.29 is 32.8 Å². The largest absolute Gasteiger partial charge is 0.449 e. The summed E-state index contributed by atoms with van der Waals surface area (Å²) in [6, 6.07) is 10.4. The van der Waals surface area contributed by atoms with Gasteiger partial charge in [0.25, 0.3) is 11.6 Å². The maximum absolute atomic E-state index is 12.2. The molecule has 0 fully saturated rings. The first-order chi connectivity index (χ1) is 12.8. The number of ether oxygens (including phenoxy) is 2. The number of alkyl halides is 2. The van der Waals surface area contributed by atoms with Crippen molar-refractivity contribution in [2.24, 2.45) is 0 Å². The van der Waals surface area contributed by atoms with Crippen LogP contribution in [0.3, 0.4) is 0 Å². The Morgan fingerprint density at radius 2 is 1.85 bits per heavy atom. The minimum atomic E-state index is -3.05. The molecule has 0 aliphatic carbocycles. The highest BCUT2D eigenvalue weighted by atomic mass is 19.3. The first kappa shape index (κ1) is 19.8. The second kappa shape index (κ2) is 8.70. The molecule has 2 aromatic carbocycles. The first-order valence-electron chi connectivity index (χ1n) is 7.58. The molecule has 0 spiro atoms. The number of amides is 1. The molecule has 0 bridgehead atoms. The van der Waals surface area contributed by atoms with Gasteiger partial charge in [0.1, 0.15) is 11.4 Å². The maximum atomic E-state index is 12.2. The summed E-state index contributed by atoms with van der Waals surface area (Å²) < 4.78 is 33.6. The normalized spacial score (nSPS) is 11.6. The van der Waals surface area contributed by atoms with E-state index < -0.39 is 29.5 Å². The number of rotatable bonds is 7. The van der Waals surface area contributed by atoms with Gasteiger partial charge in [0.05, 0.1) is 10.5 Å². The third kappa shape index (κ3) is 5.46. The Kier molecular flexibility index (Phi) is 6.36. The zero-order chi connectivity index (χ0) is 20.0. The van der Waals surface area contributed by atoms with Gasteiger partial charge in [0, 0.05) is 6.07 Å². The molecule has 0 aromatic heterocycles. The molecule has 0 saturated carbocycles. The van der Waals surface area contributed by atoms with Crippen LogP contribution >= 0.6 is 0 Å². The summed E-state index contributed by atoms with van der Waals surface area (Å²) in [5, 5.41) is 13.3. The number of nitro benzene ring substituents is 1. The van der Waals surface area contributed by atoms with E-state index in [0.29, 0.717) is 0 Å². The molecule has 0 aliphatic heterocycles. The van der Waals surface area contributed by atoms with Crippen molar-refractivity contribution in [1.29, 1.82) is 0 Å². The zero-order valence-corrected chi connectivity index (χ0v) is 13.9. The molecule has 142 valence electrons. The number of hydrogen-bond acceptors (Lipinski definition) is 6. The van der Waals surface area contributed by atoms with Crippen LogP contribution in [-0.4, -0.2) is 29.5 Å². The number of nitrogens with zero attached hydrogens (tertiary/aromatic N) is 1. The summed E-state index contributed by atoms with van der Waals surface area (Å²) in [7, 11) is 0. The fourth-order valence-corrected chi connectivity index (χ4v) is 2.05. The van der Waals surface area contributed by atoms with E-state index in [0.717, 1.165) is 6.07 Å². The van der Waals surface area contributed by atoms with Gasteiger partial charge in [0.2, 0.25) is 0 Å². The molecule has 8 nitrogen and oxygen atoms in total. The van der Waals surface area contributed by atoms with Crippen molar-refractivity contribution in [3.63, 3.8) is 0 Å². The van der Waals surface area contributed by atoms with Gasteiger partial charge in [-0.3, -0.25) is 14.9 Å². The number of carbonyl (C=O) groups excluding carboxylic acids is 2. The second-order valence-electron chi connectivity index (χ2n) is 5.22. The van der Waals surface area contributed by atoms with Gasteiger partial charge in [-0.1, -0.05) is 18.2 Å². The van der Waals surface area contributed by atoms with Gasteiger partial charge in [-0.15, -0.1) is 0 Å². The summed E-state index contributed by atoms with van der Waals surface area (Å²) in [5.41, 5.74) is -0.470. The number of hydrogen-bond donors (Lipinski definition) is 1. The van der Waals surface area contributed by atoms with Crippen LogP contribution in [0.2, 0.25) is 0 Å². The Hall–Kier alpha value is -3.56. The van der Waals surface area contributed by atoms with Crippen molar-refractivity contribution in [1.82, 2.24) is 0 Å². The molecule has 0 unspecified atom stereocenters. The van der Waals surface area contributed by atoms with E-state index >= 15 is 0 Å². The van der Waals surface area contributed by atoms with Gasteiger partial charge in [-0.05, 0) is 31.2 Å². The van der Waals surface area contributed by atoms with E-state index in [4.69, 9.17) is 4.74 Å². The molecule has 0 heterocycles. The molecule has 1 atom stereocenters. The van der Waals surface area contributed by atoms with Crippen LogP contribution in [0, 0.1) is 10.1 Å². The quantitative estimate of drug-likeness (QED) is 0.448. The van der Waals surface area contributed by atoms with E-state index in [9.17, 15) is 28.5 Å². The van der Waals surface area contributed by atoms with Crippen LogP contribution in [0.5, 0.6) is 5.75 Å². The molecule has 0 aliphatic rings. The summed E-state index contributed by atoms with van der Waals surface area (Å²) in [5.74, 6) is -1.98. The summed E-state index contributed by atoms with van der Waals surface area (Å²) in [6.07, 6.45) is -1.29. The molecule has 2 aromatic rings. The lowest BCUT2D eigenvalue weighted by molar-refractivity contribution is -0.383. The lowest BCUT2D eigenvalue weighted by atomic mass is 10.2. The van der Waals surface area contributed by atoms with Gasteiger partial charge in [-0.25, -0.2) is 4.79 Å². The minimum Gasteiger partial charge on any atom is -0.449 e. The van der Waals surface area contributed by atoms with Crippen LogP contribution in [0.25, 0.3) is 0 Å². The van der Waals surface area contributed by atoms with E-state index in [1.54, 1.807) is 0 Å². The Balaban J connectivity index is 2.04. The number of carbonyl (C=O) groups is 2. The topological polar surface area (TPSA) is 108 Å². The molecule has 1 amide bonds.